The Morgan fingerprint density at radius 3 is 2.90 bits per heavy atom. The summed E-state index contributed by atoms with van der Waals surface area (Å²) in [6.07, 6.45) is 1.20. The Morgan fingerprint density at radius 1 is 1.50 bits per heavy atom. The second-order valence-corrected chi connectivity index (χ2v) is 3.93. The molecule has 8 heteroatoms. The van der Waals surface area contributed by atoms with E-state index in [4.69, 9.17) is 13.9 Å². The molecule has 1 aromatic rings. The maximum Gasteiger partial charge on any atom is 0.360 e. The number of nitrogens with zero attached hydrogens (tertiary/aromatic N) is 2. The average molecular weight is 285 g/mol. The van der Waals surface area contributed by atoms with Crippen LogP contribution in [0.3, 0.4) is 0 Å². The first-order valence-corrected chi connectivity index (χ1v) is 6.17. The van der Waals surface area contributed by atoms with Crippen LogP contribution in [0.15, 0.2) is 10.7 Å². The summed E-state index contributed by atoms with van der Waals surface area (Å²) >= 11 is 0. The monoisotopic (exact) mass is 285 g/mol. The van der Waals surface area contributed by atoms with Gasteiger partial charge in [-0.05, 0) is 6.92 Å². The van der Waals surface area contributed by atoms with E-state index in [9.17, 15) is 9.59 Å². The number of carbonyl (C=O) groups is 2. The fourth-order valence-corrected chi connectivity index (χ4v) is 1.37. The van der Waals surface area contributed by atoms with Gasteiger partial charge in [0.25, 0.3) is 6.01 Å². The molecule has 0 fully saturated rings. The molecule has 0 saturated carbocycles. The van der Waals surface area contributed by atoms with E-state index >= 15 is 0 Å². The highest BCUT2D eigenvalue weighted by Gasteiger charge is 2.17. The second-order valence-electron chi connectivity index (χ2n) is 3.93. The quantitative estimate of drug-likeness (QED) is 0.532. The summed E-state index contributed by atoms with van der Waals surface area (Å²) in [5.41, 5.74) is 0.0773. The van der Waals surface area contributed by atoms with E-state index in [1.165, 1.54) is 11.2 Å². The van der Waals surface area contributed by atoms with Gasteiger partial charge < -0.3 is 24.1 Å². The number of rotatable bonds is 8. The minimum Gasteiger partial charge on any atom is -0.461 e. The molecule has 1 rings (SSSR count). The lowest BCUT2D eigenvalue weighted by Gasteiger charge is -2.13. The summed E-state index contributed by atoms with van der Waals surface area (Å²) in [5, 5.41) is 2.67. The highest BCUT2D eigenvalue weighted by molar-refractivity contribution is 5.87. The minimum absolute atomic E-state index is 0.0620. The van der Waals surface area contributed by atoms with Gasteiger partial charge in [-0.1, -0.05) is 0 Å². The highest BCUT2D eigenvalue weighted by atomic mass is 16.5. The summed E-state index contributed by atoms with van der Waals surface area (Å²) in [5.74, 6) is -0.749. The molecule has 0 aromatic carbocycles. The van der Waals surface area contributed by atoms with Gasteiger partial charge in [0.1, 0.15) is 12.8 Å². The zero-order valence-corrected chi connectivity index (χ0v) is 11.8. The predicted octanol–water partition coefficient (Wildman–Crippen LogP) is 0.0501. The van der Waals surface area contributed by atoms with Crippen molar-refractivity contribution in [3.8, 4) is 0 Å². The van der Waals surface area contributed by atoms with Crippen LogP contribution in [0.2, 0.25) is 0 Å². The standard InChI is InChI=1S/C12H19N3O5/c1-4-19-11(17)9-8-20-12(14-9)15(2)7-10(16)13-5-6-18-3/h8H,4-7H2,1-3H3,(H,13,16). The first kappa shape index (κ1) is 16.0. The fourth-order valence-electron chi connectivity index (χ4n) is 1.37. The van der Waals surface area contributed by atoms with Crippen molar-refractivity contribution in [1.29, 1.82) is 0 Å². The van der Waals surface area contributed by atoms with Crippen molar-refractivity contribution < 1.29 is 23.5 Å². The molecule has 112 valence electrons. The fraction of sp³-hybridized carbons (Fsp3) is 0.583. The molecule has 0 aliphatic heterocycles. The number of oxazole rings is 1. The van der Waals surface area contributed by atoms with Gasteiger partial charge >= 0.3 is 5.97 Å². The SMILES string of the molecule is CCOC(=O)c1coc(N(C)CC(=O)NCCOC)n1. The lowest BCUT2D eigenvalue weighted by atomic mass is 10.5. The van der Waals surface area contributed by atoms with Crippen molar-refractivity contribution >= 4 is 17.9 Å². The summed E-state index contributed by atoms with van der Waals surface area (Å²) in [6.45, 7) is 2.91. The van der Waals surface area contributed by atoms with Gasteiger partial charge in [-0.3, -0.25) is 4.79 Å². The van der Waals surface area contributed by atoms with Crippen LogP contribution < -0.4 is 10.2 Å². The molecule has 0 unspecified atom stereocenters. The molecule has 1 amide bonds. The second kappa shape index (κ2) is 8.16. The molecule has 0 radical (unpaired) electrons. The van der Waals surface area contributed by atoms with Gasteiger partial charge in [0.2, 0.25) is 5.91 Å². The number of ether oxygens (including phenoxy) is 2. The van der Waals surface area contributed by atoms with Gasteiger partial charge in [-0.15, -0.1) is 0 Å². The number of esters is 1. The van der Waals surface area contributed by atoms with Crippen molar-refractivity contribution in [2.24, 2.45) is 0 Å². The first-order chi connectivity index (χ1) is 9.58. The van der Waals surface area contributed by atoms with Gasteiger partial charge in [-0.25, -0.2) is 4.79 Å². The topological polar surface area (TPSA) is 93.9 Å². The number of hydrogen-bond acceptors (Lipinski definition) is 7. The van der Waals surface area contributed by atoms with E-state index in [1.54, 1.807) is 21.1 Å². The summed E-state index contributed by atoms with van der Waals surface area (Å²) in [7, 11) is 3.19. The Labute approximate surface area is 117 Å². The largest absolute Gasteiger partial charge is 0.461 e. The molecule has 0 aliphatic rings. The molecule has 0 aliphatic carbocycles. The third kappa shape index (κ3) is 4.88. The number of carbonyl (C=O) groups excluding carboxylic acids is 2. The van der Waals surface area contributed by atoms with Crippen molar-refractivity contribution in [3.05, 3.63) is 12.0 Å². The zero-order valence-electron chi connectivity index (χ0n) is 11.8. The Kier molecular flexibility index (Phi) is 6.51. The normalized spacial score (nSPS) is 10.2. The van der Waals surface area contributed by atoms with Crippen molar-refractivity contribution in [3.63, 3.8) is 0 Å². The van der Waals surface area contributed by atoms with Crippen molar-refractivity contribution in [2.75, 3.05) is 45.4 Å². The van der Waals surface area contributed by atoms with Crippen LogP contribution >= 0.6 is 0 Å². The maximum absolute atomic E-state index is 11.6. The summed E-state index contributed by atoms with van der Waals surface area (Å²) in [4.78, 5) is 28.4. The highest BCUT2D eigenvalue weighted by Crippen LogP contribution is 2.12. The Balaban J connectivity index is 2.49. The molecule has 20 heavy (non-hydrogen) atoms. The van der Waals surface area contributed by atoms with Gasteiger partial charge in [0.15, 0.2) is 5.69 Å². The van der Waals surface area contributed by atoms with Crippen LogP contribution in [0.5, 0.6) is 0 Å². The zero-order chi connectivity index (χ0) is 15.0. The van der Waals surface area contributed by atoms with Crippen LogP contribution in [0.25, 0.3) is 0 Å². The third-order valence-electron chi connectivity index (χ3n) is 2.31. The smallest absolute Gasteiger partial charge is 0.360 e. The van der Waals surface area contributed by atoms with E-state index in [2.05, 4.69) is 10.3 Å². The van der Waals surface area contributed by atoms with Gasteiger partial charge in [0.05, 0.1) is 13.2 Å². The lowest BCUT2D eigenvalue weighted by Crippen LogP contribution is -2.36. The number of nitrogens with one attached hydrogen (secondary N) is 1. The molecule has 1 heterocycles. The number of methoxy groups -OCH3 is 1. The number of likely N-dealkylation sites (N-methyl/N-ethyl adjacent to an activating group) is 1. The summed E-state index contributed by atoms with van der Waals surface area (Å²) in [6, 6.07) is 0.176. The number of aromatic nitrogens is 1. The van der Waals surface area contributed by atoms with Crippen LogP contribution in [-0.4, -0.2) is 57.3 Å². The lowest BCUT2D eigenvalue weighted by molar-refractivity contribution is -0.119. The number of hydrogen-bond donors (Lipinski definition) is 1. The molecule has 8 nitrogen and oxygen atoms in total. The van der Waals surface area contributed by atoms with Crippen molar-refractivity contribution in [2.45, 2.75) is 6.92 Å². The van der Waals surface area contributed by atoms with Crippen LogP contribution in [0.4, 0.5) is 6.01 Å². The first-order valence-electron chi connectivity index (χ1n) is 6.17. The van der Waals surface area contributed by atoms with E-state index in [-0.39, 0.29) is 30.8 Å². The Bertz CT molecular complexity index is 446. The summed E-state index contributed by atoms with van der Waals surface area (Å²) < 4.78 is 14.7. The Hall–Kier alpha value is -2.09. The van der Waals surface area contributed by atoms with E-state index in [0.29, 0.717) is 13.2 Å². The van der Waals surface area contributed by atoms with Gasteiger partial charge in [0, 0.05) is 20.7 Å². The number of anilines is 1. The average Bonchev–Trinajstić information content (AvgIpc) is 2.89. The minimum atomic E-state index is -0.555. The molecule has 0 spiro atoms. The predicted molar refractivity (Wildman–Crippen MR) is 70.6 cm³/mol. The molecule has 1 N–H and O–H groups in total. The molecular formula is C12H19N3O5. The molecule has 1 aromatic heterocycles. The van der Waals surface area contributed by atoms with E-state index < -0.39 is 5.97 Å². The molecular weight excluding hydrogens is 266 g/mol. The van der Waals surface area contributed by atoms with Gasteiger partial charge in [-0.2, -0.15) is 4.98 Å². The number of amides is 1. The van der Waals surface area contributed by atoms with E-state index in [1.807, 2.05) is 0 Å². The van der Waals surface area contributed by atoms with E-state index in [0.717, 1.165) is 0 Å². The Morgan fingerprint density at radius 2 is 2.25 bits per heavy atom. The maximum atomic E-state index is 11.6. The molecule has 0 atom stereocenters. The molecule has 0 saturated heterocycles. The van der Waals surface area contributed by atoms with Crippen LogP contribution in [-0.2, 0) is 14.3 Å². The molecule has 0 bridgehead atoms. The van der Waals surface area contributed by atoms with Crippen molar-refractivity contribution in [1.82, 2.24) is 10.3 Å². The third-order valence-corrected chi connectivity index (χ3v) is 2.31. The van der Waals surface area contributed by atoms with Crippen LogP contribution in [0, 0.1) is 0 Å². The van der Waals surface area contributed by atoms with Crippen LogP contribution in [0.1, 0.15) is 17.4 Å².